The summed E-state index contributed by atoms with van der Waals surface area (Å²) in [5, 5.41) is 3.64. The lowest BCUT2D eigenvalue weighted by molar-refractivity contribution is -0.131. The first-order valence-corrected chi connectivity index (χ1v) is 11.1. The van der Waals surface area contributed by atoms with Crippen LogP contribution in [0.5, 0.6) is 0 Å². The molecule has 3 heterocycles. The minimum absolute atomic E-state index is 0.122. The number of aryl methyl sites for hydroxylation is 1. The zero-order valence-electron chi connectivity index (χ0n) is 17.4. The second-order valence-corrected chi connectivity index (χ2v) is 9.10. The summed E-state index contributed by atoms with van der Waals surface area (Å²) >= 11 is 0. The van der Waals surface area contributed by atoms with E-state index in [1.165, 1.54) is 6.07 Å². The van der Waals surface area contributed by atoms with Gasteiger partial charge in [-0.2, -0.15) is 0 Å². The second kappa shape index (κ2) is 7.69. The molecule has 160 valence electrons. The van der Waals surface area contributed by atoms with Gasteiger partial charge in [0, 0.05) is 49.6 Å². The number of hydrogen-bond donors (Lipinski definition) is 2. The summed E-state index contributed by atoms with van der Waals surface area (Å²) in [6, 6.07) is 5.71. The van der Waals surface area contributed by atoms with E-state index in [1.807, 2.05) is 6.92 Å². The van der Waals surface area contributed by atoms with Gasteiger partial charge in [0.2, 0.25) is 5.91 Å². The van der Waals surface area contributed by atoms with E-state index in [2.05, 4.69) is 20.1 Å². The van der Waals surface area contributed by atoms with Gasteiger partial charge in [-0.3, -0.25) is 14.5 Å². The normalized spacial score (nSPS) is 27.5. The molecule has 1 aliphatic carbocycles. The number of H-pyrrole nitrogens is 1. The molecule has 2 amide bonds. The molecule has 2 N–H and O–H groups in total. The number of nitrogens with one attached hydrogen (secondary N) is 2. The van der Waals surface area contributed by atoms with Crippen LogP contribution in [0.2, 0.25) is 0 Å². The number of benzene rings is 1. The smallest absolute Gasteiger partial charge is 0.267 e. The van der Waals surface area contributed by atoms with Crippen molar-refractivity contribution >= 4 is 22.7 Å². The number of aromatic nitrogens is 1. The van der Waals surface area contributed by atoms with Crippen molar-refractivity contribution in [3.8, 4) is 0 Å². The lowest BCUT2D eigenvalue weighted by Gasteiger charge is -2.44. The number of carbonyl (C=O) groups is 2. The van der Waals surface area contributed by atoms with Crippen LogP contribution in [0.4, 0.5) is 4.39 Å². The largest absolute Gasteiger partial charge is 0.350 e. The van der Waals surface area contributed by atoms with Crippen LogP contribution in [-0.4, -0.2) is 64.4 Å². The van der Waals surface area contributed by atoms with Crippen LogP contribution in [0.3, 0.4) is 0 Å². The summed E-state index contributed by atoms with van der Waals surface area (Å²) in [7, 11) is 0. The number of rotatable bonds is 3. The Balaban J connectivity index is 1.23. The lowest BCUT2D eigenvalue weighted by Crippen LogP contribution is -2.56. The van der Waals surface area contributed by atoms with Crippen LogP contribution in [0, 0.1) is 12.7 Å². The van der Waals surface area contributed by atoms with Crippen LogP contribution in [-0.2, 0) is 4.79 Å². The molecule has 0 unspecified atom stereocenters. The predicted octanol–water partition coefficient (Wildman–Crippen LogP) is 2.96. The molecule has 6 nitrogen and oxygen atoms in total. The van der Waals surface area contributed by atoms with E-state index in [0.717, 1.165) is 57.3 Å². The fraction of sp³-hybridized carbons (Fsp3) is 0.565. The molecule has 1 saturated carbocycles. The zero-order valence-corrected chi connectivity index (χ0v) is 17.4. The van der Waals surface area contributed by atoms with E-state index < -0.39 is 0 Å². The van der Waals surface area contributed by atoms with E-state index in [1.54, 1.807) is 12.1 Å². The van der Waals surface area contributed by atoms with Crippen LogP contribution >= 0.6 is 0 Å². The van der Waals surface area contributed by atoms with Gasteiger partial charge in [-0.15, -0.1) is 0 Å². The third-order valence-electron chi connectivity index (χ3n) is 7.22. The molecule has 0 radical (unpaired) electrons. The molecule has 30 heavy (non-hydrogen) atoms. The number of hydrogen-bond acceptors (Lipinski definition) is 3. The lowest BCUT2D eigenvalue weighted by atomic mass is 9.89. The summed E-state index contributed by atoms with van der Waals surface area (Å²) in [4.78, 5) is 32.5. The van der Waals surface area contributed by atoms with Crippen molar-refractivity contribution in [2.75, 3.05) is 19.6 Å². The summed E-state index contributed by atoms with van der Waals surface area (Å²) in [6.07, 6.45) is 5.78. The number of nitrogens with zero attached hydrogens (tertiary/aromatic N) is 2. The molecule has 3 aliphatic rings. The Morgan fingerprint density at radius 1 is 1.20 bits per heavy atom. The molecular weight excluding hydrogens is 383 g/mol. The Morgan fingerprint density at radius 3 is 2.90 bits per heavy atom. The van der Waals surface area contributed by atoms with Crippen LogP contribution in [0.25, 0.3) is 10.9 Å². The highest BCUT2D eigenvalue weighted by Gasteiger charge is 2.38. The van der Waals surface area contributed by atoms with Gasteiger partial charge in [-0.1, -0.05) is 6.07 Å². The molecule has 3 fully saturated rings. The highest BCUT2D eigenvalue weighted by molar-refractivity contribution is 5.99. The quantitative estimate of drug-likeness (QED) is 0.815. The molecular formula is C23H29FN4O2. The van der Waals surface area contributed by atoms with Crippen molar-refractivity contribution in [2.24, 2.45) is 0 Å². The van der Waals surface area contributed by atoms with Gasteiger partial charge in [-0.05, 0) is 56.7 Å². The van der Waals surface area contributed by atoms with Crippen molar-refractivity contribution in [2.45, 2.75) is 63.6 Å². The molecule has 1 aromatic carbocycles. The number of carbonyl (C=O) groups excluding carboxylic acids is 2. The SMILES string of the molecule is Cc1ccc(F)c2cc(C(=O)N[C@@H]3CCC[C@@H](N4CCN5C(=O)CC[C@H]5C4)C3)[nH]c12. The van der Waals surface area contributed by atoms with Crippen LogP contribution < -0.4 is 5.32 Å². The first kappa shape index (κ1) is 19.5. The molecule has 2 saturated heterocycles. The van der Waals surface area contributed by atoms with Crippen molar-refractivity contribution in [3.05, 3.63) is 35.3 Å². The minimum Gasteiger partial charge on any atom is -0.350 e. The van der Waals surface area contributed by atoms with E-state index in [-0.39, 0.29) is 17.8 Å². The summed E-state index contributed by atoms with van der Waals surface area (Å²) < 4.78 is 14.1. The number of aromatic amines is 1. The van der Waals surface area contributed by atoms with Gasteiger partial charge in [0.05, 0.1) is 5.52 Å². The van der Waals surface area contributed by atoms with Gasteiger partial charge in [0.25, 0.3) is 5.91 Å². The van der Waals surface area contributed by atoms with E-state index in [4.69, 9.17) is 0 Å². The Labute approximate surface area is 175 Å². The standard InChI is InChI=1S/C23H29FN4O2/c1-14-5-7-19(24)18-12-20(26-22(14)18)23(30)25-15-3-2-4-16(11-15)27-9-10-28-17(13-27)6-8-21(28)29/h5,7,12,15-17,26H,2-4,6,8-11,13H2,1H3,(H,25,30)/t15-,16-,17+/m1/s1. The average molecular weight is 413 g/mol. The molecule has 7 heteroatoms. The number of amides is 2. The topological polar surface area (TPSA) is 68.4 Å². The maximum atomic E-state index is 14.1. The minimum atomic E-state index is -0.312. The van der Waals surface area contributed by atoms with Gasteiger partial charge in [0.15, 0.2) is 0 Å². The van der Waals surface area contributed by atoms with E-state index >= 15 is 0 Å². The molecule has 0 bridgehead atoms. The number of halogens is 1. The highest BCUT2D eigenvalue weighted by Crippen LogP contribution is 2.29. The Bertz CT molecular complexity index is 948. The van der Waals surface area contributed by atoms with Crippen molar-refractivity contribution in [1.82, 2.24) is 20.1 Å². The maximum Gasteiger partial charge on any atom is 0.267 e. The first-order chi connectivity index (χ1) is 14.5. The molecule has 0 spiro atoms. The summed E-state index contributed by atoms with van der Waals surface area (Å²) in [5.41, 5.74) is 2.02. The maximum absolute atomic E-state index is 14.1. The van der Waals surface area contributed by atoms with Crippen molar-refractivity contribution in [1.29, 1.82) is 0 Å². The Hall–Kier alpha value is -2.41. The predicted molar refractivity (Wildman–Crippen MR) is 113 cm³/mol. The monoisotopic (exact) mass is 412 g/mol. The van der Waals surface area contributed by atoms with Gasteiger partial charge >= 0.3 is 0 Å². The summed E-state index contributed by atoms with van der Waals surface area (Å²) in [6.45, 7) is 4.62. The fourth-order valence-electron chi connectivity index (χ4n) is 5.56. The van der Waals surface area contributed by atoms with Crippen molar-refractivity contribution in [3.63, 3.8) is 0 Å². The number of piperazine rings is 1. The molecule has 1 aromatic heterocycles. The third-order valence-corrected chi connectivity index (χ3v) is 7.22. The van der Waals surface area contributed by atoms with Gasteiger partial charge < -0.3 is 15.2 Å². The first-order valence-electron chi connectivity index (χ1n) is 11.1. The summed E-state index contributed by atoms with van der Waals surface area (Å²) in [5.74, 6) is -0.173. The highest BCUT2D eigenvalue weighted by atomic mass is 19.1. The second-order valence-electron chi connectivity index (χ2n) is 9.10. The molecule has 5 rings (SSSR count). The fourth-order valence-corrected chi connectivity index (χ4v) is 5.56. The van der Waals surface area contributed by atoms with Crippen molar-refractivity contribution < 1.29 is 14.0 Å². The van der Waals surface area contributed by atoms with Crippen LogP contribution in [0.1, 0.15) is 54.6 Å². The zero-order chi connectivity index (χ0) is 20.8. The Morgan fingerprint density at radius 2 is 2.07 bits per heavy atom. The van der Waals surface area contributed by atoms with Crippen LogP contribution in [0.15, 0.2) is 18.2 Å². The van der Waals surface area contributed by atoms with Gasteiger partial charge in [-0.25, -0.2) is 4.39 Å². The van der Waals surface area contributed by atoms with E-state index in [9.17, 15) is 14.0 Å². The average Bonchev–Trinajstić information content (AvgIpc) is 3.36. The third kappa shape index (κ3) is 3.49. The van der Waals surface area contributed by atoms with E-state index in [0.29, 0.717) is 41.0 Å². The molecule has 2 aliphatic heterocycles. The Kier molecular flexibility index (Phi) is 5.01. The van der Waals surface area contributed by atoms with Gasteiger partial charge in [0.1, 0.15) is 11.5 Å². The number of fused-ring (bicyclic) bond motifs is 2. The molecule has 2 aromatic rings. The molecule has 3 atom stereocenters.